The minimum absolute atomic E-state index is 0.000956. The molecule has 1 aromatic carbocycles. The van der Waals surface area contributed by atoms with Gasteiger partial charge in [-0.2, -0.15) is 0 Å². The molecule has 0 heterocycles. The maximum Gasteiger partial charge on any atom is 0.242 e. The Kier molecular flexibility index (Phi) is 8.98. The lowest BCUT2D eigenvalue weighted by atomic mass is 10.2. The first kappa shape index (κ1) is 21.0. The Labute approximate surface area is 150 Å². The predicted octanol–water partition coefficient (Wildman–Crippen LogP) is 0.681. The van der Waals surface area contributed by atoms with Crippen molar-refractivity contribution in [2.75, 3.05) is 25.1 Å². The highest BCUT2D eigenvalue weighted by Crippen LogP contribution is 1.97. The maximum atomic E-state index is 11.9. The van der Waals surface area contributed by atoms with E-state index in [-0.39, 0.29) is 24.2 Å². The summed E-state index contributed by atoms with van der Waals surface area (Å²) in [5.41, 5.74) is 1.03. The van der Waals surface area contributed by atoms with Gasteiger partial charge in [0.05, 0.1) is 5.75 Å². The summed E-state index contributed by atoms with van der Waals surface area (Å²) in [7, 11) is -2.99. The average molecular weight is 369 g/mol. The minimum atomic E-state index is -2.99. The van der Waals surface area contributed by atoms with Gasteiger partial charge < -0.3 is 16.0 Å². The van der Waals surface area contributed by atoms with E-state index < -0.39 is 9.84 Å². The number of aliphatic imine (C=N–C) groups is 1. The Bertz CT molecular complexity index is 660. The summed E-state index contributed by atoms with van der Waals surface area (Å²) in [5, 5.41) is 8.98. The van der Waals surface area contributed by atoms with Gasteiger partial charge in [0.25, 0.3) is 0 Å². The zero-order valence-electron chi connectivity index (χ0n) is 15.1. The van der Waals surface area contributed by atoms with Gasteiger partial charge in [-0.3, -0.25) is 4.79 Å². The van der Waals surface area contributed by atoms with Gasteiger partial charge in [-0.25, -0.2) is 13.4 Å². The van der Waals surface area contributed by atoms with Crippen molar-refractivity contribution in [2.45, 2.75) is 32.9 Å². The van der Waals surface area contributed by atoms with Gasteiger partial charge in [0.2, 0.25) is 5.91 Å². The van der Waals surface area contributed by atoms with E-state index in [2.05, 4.69) is 20.9 Å². The van der Waals surface area contributed by atoms with Gasteiger partial charge in [-0.15, -0.1) is 0 Å². The Morgan fingerprint density at radius 3 is 2.48 bits per heavy atom. The van der Waals surface area contributed by atoms with Crippen LogP contribution in [0.1, 0.15) is 25.8 Å². The lowest BCUT2D eigenvalue weighted by Gasteiger charge is -2.17. The zero-order chi connectivity index (χ0) is 18.7. The van der Waals surface area contributed by atoms with E-state index in [0.29, 0.717) is 25.5 Å². The van der Waals surface area contributed by atoms with E-state index in [1.807, 2.05) is 44.2 Å². The van der Waals surface area contributed by atoms with Crippen molar-refractivity contribution >= 4 is 21.7 Å². The Morgan fingerprint density at radius 1 is 1.20 bits per heavy atom. The zero-order valence-corrected chi connectivity index (χ0v) is 15.9. The molecule has 3 N–H and O–H groups in total. The topological polar surface area (TPSA) is 99.7 Å². The first-order valence-corrected chi connectivity index (χ1v) is 10.4. The highest BCUT2D eigenvalue weighted by molar-refractivity contribution is 7.90. The normalized spacial score (nSPS) is 13.2. The summed E-state index contributed by atoms with van der Waals surface area (Å²) in [5.74, 6) is 0.432. The van der Waals surface area contributed by atoms with Crippen LogP contribution in [-0.4, -0.2) is 51.4 Å². The molecular weight excluding hydrogens is 340 g/mol. The van der Waals surface area contributed by atoms with Crippen LogP contribution in [0.25, 0.3) is 0 Å². The number of benzene rings is 1. The Hall–Kier alpha value is -2.09. The second-order valence-corrected chi connectivity index (χ2v) is 8.18. The fraction of sp³-hybridized carbons (Fsp3) is 0.529. The van der Waals surface area contributed by atoms with E-state index in [1.54, 1.807) is 0 Å². The van der Waals surface area contributed by atoms with Crippen LogP contribution >= 0.6 is 0 Å². The summed E-state index contributed by atoms with van der Waals surface area (Å²) in [6.45, 7) is 4.92. The van der Waals surface area contributed by atoms with Crippen LogP contribution in [0.2, 0.25) is 0 Å². The van der Waals surface area contributed by atoms with Crippen LogP contribution in [0.5, 0.6) is 0 Å². The third-order valence-electron chi connectivity index (χ3n) is 3.36. The van der Waals surface area contributed by atoms with Crippen molar-refractivity contribution in [1.82, 2.24) is 16.0 Å². The fourth-order valence-electron chi connectivity index (χ4n) is 2.02. The molecule has 1 rings (SSSR count). The molecule has 1 atom stereocenters. The van der Waals surface area contributed by atoms with Crippen molar-refractivity contribution < 1.29 is 13.2 Å². The number of carbonyl (C=O) groups excluding carboxylic acids is 1. The Morgan fingerprint density at radius 2 is 1.88 bits per heavy atom. The number of hydrogen-bond acceptors (Lipinski definition) is 4. The highest BCUT2D eigenvalue weighted by atomic mass is 32.2. The number of hydrogen-bond donors (Lipinski definition) is 3. The monoisotopic (exact) mass is 368 g/mol. The third kappa shape index (κ3) is 10.4. The molecule has 0 aliphatic carbocycles. The highest BCUT2D eigenvalue weighted by Gasteiger charge is 2.10. The number of sulfone groups is 1. The van der Waals surface area contributed by atoms with Crippen LogP contribution < -0.4 is 16.0 Å². The van der Waals surface area contributed by atoms with Crippen LogP contribution in [-0.2, 0) is 21.2 Å². The number of carbonyl (C=O) groups is 1. The number of amides is 1. The summed E-state index contributed by atoms with van der Waals surface area (Å²) < 4.78 is 22.4. The molecular formula is C17H28N4O3S. The predicted molar refractivity (Wildman–Crippen MR) is 101 cm³/mol. The molecule has 0 fully saturated rings. The molecule has 0 saturated heterocycles. The molecule has 1 amide bonds. The molecule has 0 radical (unpaired) electrons. The largest absolute Gasteiger partial charge is 0.357 e. The molecule has 1 unspecified atom stereocenters. The Balaban J connectivity index is 2.46. The van der Waals surface area contributed by atoms with E-state index in [0.717, 1.165) is 5.56 Å². The van der Waals surface area contributed by atoms with Crippen molar-refractivity contribution in [2.24, 2.45) is 4.99 Å². The van der Waals surface area contributed by atoms with E-state index in [9.17, 15) is 13.2 Å². The van der Waals surface area contributed by atoms with Crippen molar-refractivity contribution in [3.05, 3.63) is 35.9 Å². The number of nitrogens with one attached hydrogen (secondary N) is 3. The number of guanidine groups is 1. The van der Waals surface area contributed by atoms with Gasteiger partial charge in [0, 0.05) is 25.4 Å². The van der Waals surface area contributed by atoms with E-state index in [4.69, 9.17) is 0 Å². The van der Waals surface area contributed by atoms with Gasteiger partial charge in [0.1, 0.15) is 16.4 Å². The molecule has 7 nitrogen and oxygen atoms in total. The summed E-state index contributed by atoms with van der Waals surface area (Å²) in [6, 6.07) is 9.58. The van der Waals surface area contributed by atoms with Gasteiger partial charge in [-0.1, -0.05) is 30.3 Å². The average Bonchev–Trinajstić information content (AvgIpc) is 2.56. The van der Waals surface area contributed by atoms with E-state index in [1.165, 1.54) is 6.26 Å². The van der Waals surface area contributed by atoms with Crippen LogP contribution in [0.15, 0.2) is 35.3 Å². The first-order chi connectivity index (χ1) is 11.8. The SMILES string of the molecule is CCNC(=NCC(=O)NCc1ccccc1)NC(C)CCS(C)(=O)=O. The molecule has 1 aromatic rings. The summed E-state index contributed by atoms with van der Waals surface area (Å²) in [4.78, 5) is 16.2. The fourth-order valence-corrected chi connectivity index (χ4v) is 2.80. The van der Waals surface area contributed by atoms with Crippen LogP contribution in [0, 0.1) is 0 Å². The van der Waals surface area contributed by atoms with Gasteiger partial charge in [0.15, 0.2) is 5.96 Å². The van der Waals surface area contributed by atoms with Gasteiger partial charge >= 0.3 is 0 Å². The van der Waals surface area contributed by atoms with Crippen molar-refractivity contribution in [3.63, 3.8) is 0 Å². The summed E-state index contributed by atoms with van der Waals surface area (Å²) >= 11 is 0. The van der Waals surface area contributed by atoms with Crippen molar-refractivity contribution in [1.29, 1.82) is 0 Å². The first-order valence-electron chi connectivity index (χ1n) is 8.33. The van der Waals surface area contributed by atoms with Crippen LogP contribution in [0.3, 0.4) is 0 Å². The molecule has 0 aliphatic rings. The second kappa shape index (κ2) is 10.7. The van der Waals surface area contributed by atoms with E-state index >= 15 is 0 Å². The molecule has 25 heavy (non-hydrogen) atoms. The molecule has 8 heteroatoms. The number of nitrogens with zero attached hydrogens (tertiary/aromatic N) is 1. The lowest BCUT2D eigenvalue weighted by molar-refractivity contribution is -0.119. The van der Waals surface area contributed by atoms with Gasteiger partial charge in [-0.05, 0) is 25.8 Å². The third-order valence-corrected chi connectivity index (χ3v) is 4.34. The molecule has 140 valence electrons. The number of rotatable bonds is 9. The summed E-state index contributed by atoms with van der Waals surface area (Å²) in [6.07, 6.45) is 1.69. The van der Waals surface area contributed by atoms with Crippen LogP contribution in [0.4, 0.5) is 0 Å². The molecule has 0 bridgehead atoms. The lowest BCUT2D eigenvalue weighted by Crippen LogP contribution is -2.43. The maximum absolute atomic E-state index is 11.9. The van der Waals surface area contributed by atoms with Crippen molar-refractivity contribution in [3.8, 4) is 0 Å². The standard InChI is InChI=1S/C17H28N4O3S/c1-4-18-17(21-14(2)10-11-25(3,23)24)20-13-16(22)19-12-15-8-6-5-7-9-15/h5-9,14H,4,10-13H2,1-3H3,(H,19,22)(H2,18,20,21). The smallest absolute Gasteiger partial charge is 0.242 e. The quantitative estimate of drug-likeness (QED) is 0.440. The molecule has 0 saturated carbocycles. The molecule has 0 aliphatic heterocycles. The molecule has 0 spiro atoms. The molecule has 0 aromatic heterocycles. The minimum Gasteiger partial charge on any atom is -0.357 e. The second-order valence-electron chi connectivity index (χ2n) is 5.92.